The maximum Gasteiger partial charge on any atom is 0.274 e. The molecule has 1 aliphatic rings. The molecule has 1 amide bonds. The summed E-state index contributed by atoms with van der Waals surface area (Å²) in [5, 5.41) is 13.7. The van der Waals surface area contributed by atoms with Crippen LogP contribution in [0.4, 0.5) is 22.7 Å². The number of halogens is 1. The summed E-state index contributed by atoms with van der Waals surface area (Å²) >= 11 is 11.9. The molecule has 4 N–H and O–H groups in total. The SMILES string of the molecule is O=C(Nc1ccc(NC(=S)Nc2ccc(NCC3CCCCC3)c(Cl)c2)cc1)c1ccccn1. The van der Waals surface area contributed by atoms with Crippen LogP contribution >= 0.6 is 23.8 Å². The highest BCUT2D eigenvalue weighted by atomic mass is 35.5. The summed E-state index contributed by atoms with van der Waals surface area (Å²) in [6.07, 6.45) is 8.19. The molecule has 0 aliphatic heterocycles. The van der Waals surface area contributed by atoms with Gasteiger partial charge in [0.1, 0.15) is 5.69 Å². The van der Waals surface area contributed by atoms with Crippen molar-refractivity contribution in [2.45, 2.75) is 32.1 Å². The number of anilines is 4. The van der Waals surface area contributed by atoms with E-state index in [4.69, 9.17) is 23.8 Å². The van der Waals surface area contributed by atoms with Gasteiger partial charge in [-0.25, -0.2) is 0 Å². The summed E-state index contributed by atoms with van der Waals surface area (Å²) in [4.78, 5) is 16.3. The number of rotatable bonds is 7. The number of carbonyl (C=O) groups is 1. The number of carbonyl (C=O) groups excluding carboxylic acids is 1. The molecule has 1 saturated carbocycles. The zero-order valence-electron chi connectivity index (χ0n) is 18.8. The fraction of sp³-hybridized carbons (Fsp3) is 0.269. The second-order valence-electron chi connectivity index (χ2n) is 8.41. The predicted octanol–water partition coefficient (Wildman–Crippen LogP) is 6.79. The van der Waals surface area contributed by atoms with Crippen LogP contribution in [0, 0.1) is 5.92 Å². The van der Waals surface area contributed by atoms with Gasteiger partial charge in [-0.05, 0) is 85.6 Å². The van der Waals surface area contributed by atoms with Crippen LogP contribution in [0.5, 0.6) is 0 Å². The van der Waals surface area contributed by atoms with Crippen molar-refractivity contribution in [1.29, 1.82) is 0 Å². The van der Waals surface area contributed by atoms with Crippen LogP contribution in [-0.2, 0) is 0 Å². The van der Waals surface area contributed by atoms with Crippen molar-refractivity contribution in [1.82, 2.24) is 4.98 Å². The van der Waals surface area contributed by atoms with E-state index in [1.807, 2.05) is 30.3 Å². The van der Waals surface area contributed by atoms with Gasteiger partial charge >= 0.3 is 0 Å². The number of amides is 1. The molecule has 0 saturated heterocycles. The molecule has 3 aromatic rings. The summed E-state index contributed by atoms with van der Waals surface area (Å²) in [6.45, 7) is 0.963. The Morgan fingerprint density at radius 3 is 2.26 bits per heavy atom. The van der Waals surface area contributed by atoms with E-state index in [9.17, 15) is 4.79 Å². The Bertz CT molecular complexity index is 1120. The highest BCUT2D eigenvalue weighted by Gasteiger charge is 2.14. The second-order valence-corrected chi connectivity index (χ2v) is 9.22. The third kappa shape index (κ3) is 6.92. The third-order valence-electron chi connectivity index (χ3n) is 5.83. The van der Waals surface area contributed by atoms with Gasteiger partial charge in [-0.3, -0.25) is 9.78 Å². The smallest absolute Gasteiger partial charge is 0.274 e. The fourth-order valence-electron chi connectivity index (χ4n) is 4.00. The molecule has 0 radical (unpaired) electrons. The van der Waals surface area contributed by atoms with Gasteiger partial charge in [-0.2, -0.15) is 0 Å². The monoisotopic (exact) mass is 493 g/mol. The number of nitrogens with zero attached hydrogens (tertiary/aromatic N) is 1. The minimum atomic E-state index is -0.257. The topological polar surface area (TPSA) is 78.1 Å². The quantitative estimate of drug-likeness (QED) is 0.271. The van der Waals surface area contributed by atoms with Crippen LogP contribution in [-0.4, -0.2) is 22.5 Å². The molecule has 8 heteroatoms. The normalized spacial score (nSPS) is 13.7. The molecule has 2 aromatic carbocycles. The van der Waals surface area contributed by atoms with Gasteiger partial charge in [0.2, 0.25) is 0 Å². The van der Waals surface area contributed by atoms with Crippen LogP contribution in [0.3, 0.4) is 0 Å². The number of hydrogen-bond donors (Lipinski definition) is 4. The number of benzene rings is 2. The zero-order chi connectivity index (χ0) is 23.8. The highest BCUT2D eigenvalue weighted by molar-refractivity contribution is 7.80. The summed E-state index contributed by atoms with van der Waals surface area (Å²) in [5.74, 6) is 0.473. The van der Waals surface area contributed by atoms with Gasteiger partial charge < -0.3 is 21.3 Å². The summed E-state index contributed by atoms with van der Waals surface area (Å²) in [5.41, 5.74) is 3.59. The van der Waals surface area contributed by atoms with Gasteiger partial charge in [-0.1, -0.05) is 36.9 Å². The molecule has 176 valence electrons. The summed E-state index contributed by atoms with van der Waals surface area (Å²) < 4.78 is 0. The molecule has 1 heterocycles. The molecular weight excluding hydrogens is 466 g/mol. The number of hydrogen-bond acceptors (Lipinski definition) is 4. The van der Waals surface area contributed by atoms with E-state index in [2.05, 4.69) is 26.3 Å². The lowest BCUT2D eigenvalue weighted by Crippen LogP contribution is -2.19. The molecule has 0 bridgehead atoms. The predicted molar refractivity (Wildman–Crippen MR) is 145 cm³/mol. The highest BCUT2D eigenvalue weighted by Crippen LogP contribution is 2.28. The number of nitrogens with one attached hydrogen (secondary N) is 4. The fourth-order valence-corrected chi connectivity index (χ4v) is 4.49. The van der Waals surface area contributed by atoms with Crippen LogP contribution in [0.25, 0.3) is 0 Å². The van der Waals surface area contributed by atoms with Crippen molar-refractivity contribution in [3.63, 3.8) is 0 Å². The molecule has 0 spiro atoms. The molecular formula is C26H28ClN5OS. The Labute approximate surface area is 210 Å². The lowest BCUT2D eigenvalue weighted by Gasteiger charge is -2.22. The lowest BCUT2D eigenvalue weighted by atomic mass is 9.89. The van der Waals surface area contributed by atoms with Crippen LogP contribution < -0.4 is 21.3 Å². The van der Waals surface area contributed by atoms with Gasteiger partial charge in [0.25, 0.3) is 5.91 Å². The Morgan fingerprint density at radius 1 is 0.912 bits per heavy atom. The molecule has 6 nitrogen and oxygen atoms in total. The van der Waals surface area contributed by atoms with Crippen molar-refractivity contribution in [2.24, 2.45) is 5.92 Å². The number of aromatic nitrogens is 1. The molecule has 0 unspecified atom stereocenters. The van der Waals surface area contributed by atoms with Crippen LogP contribution in [0.15, 0.2) is 66.9 Å². The zero-order valence-corrected chi connectivity index (χ0v) is 20.4. The number of pyridine rings is 1. The Balaban J connectivity index is 1.26. The lowest BCUT2D eigenvalue weighted by molar-refractivity contribution is 0.102. The maximum absolute atomic E-state index is 12.2. The van der Waals surface area contributed by atoms with Crippen molar-refractivity contribution in [2.75, 3.05) is 27.8 Å². The van der Waals surface area contributed by atoms with E-state index >= 15 is 0 Å². The molecule has 1 aromatic heterocycles. The van der Waals surface area contributed by atoms with Crippen molar-refractivity contribution in [3.05, 3.63) is 77.6 Å². The third-order valence-corrected chi connectivity index (χ3v) is 6.35. The first kappa shape index (κ1) is 24.0. The number of thiocarbonyl (C=S) groups is 1. The van der Waals surface area contributed by atoms with E-state index in [1.54, 1.807) is 36.5 Å². The summed E-state index contributed by atoms with van der Waals surface area (Å²) in [6, 6.07) is 18.3. The van der Waals surface area contributed by atoms with Gasteiger partial charge in [-0.15, -0.1) is 0 Å². The Hall–Kier alpha value is -3.16. The molecule has 1 fully saturated rings. The summed E-state index contributed by atoms with van der Waals surface area (Å²) in [7, 11) is 0. The standard InChI is InChI=1S/C26H28ClN5OS/c27-22-16-21(13-14-23(22)29-17-18-6-2-1-3-7-18)32-26(34)31-20-11-9-19(10-12-20)30-25(33)24-8-4-5-15-28-24/h4-5,8-16,18,29H,1-3,6-7,17H2,(H,30,33)(H2,31,32,34). The van der Waals surface area contributed by atoms with E-state index in [0.717, 1.165) is 29.5 Å². The van der Waals surface area contributed by atoms with Gasteiger partial charge in [0, 0.05) is 29.8 Å². The molecule has 1 aliphatic carbocycles. The second kappa shape index (κ2) is 11.8. The minimum absolute atomic E-state index is 0.257. The minimum Gasteiger partial charge on any atom is -0.384 e. The van der Waals surface area contributed by atoms with E-state index in [0.29, 0.717) is 21.5 Å². The average Bonchev–Trinajstić information content (AvgIpc) is 2.86. The van der Waals surface area contributed by atoms with E-state index in [-0.39, 0.29) is 5.91 Å². The van der Waals surface area contributed by atoms with Crippen molar-refractivity contribution >= 4 is 57.6 Å². The first-order chi connectivity index (χ1) is 16.6. The van der Waals surface area contributed by atoms with Crippen LogP contribution in [0.2, 0.25) is 5.02 Å². The molecule has 34 heavy (non-hydrogen) atoms. The van der Waals surface area contributed by atoms with E-state index in [1.165, 1.54) is 32.1 Å². The van der Waals surface area contributed by atoms with Crippen molar-refractivity contribution in [3.8, 4) is 0 Å². The van der Waals surface area contributed by atoms with Crippen LogP contribution in [0.1, 0.15) is 42.6 Å². The van der Waals surface area contributed by atoms with Gasteiger partial charge in [0.05, 0.1) is 10.7 Å². The van der Waals surface area contributed by atoms with E-state index < -0.39 is 0 Å². The van der Waals surface area contributed by atoms with Gasteiger partial charge in [0.15, 0.2) is 5.11 Å². The Morgan fingerprint density at radius 2 is 1.59 bits per heavy atom. The Kier molecular flexibility index (Phi) is 8.33. The van der Waals surface area contributed by atoms with Crippen molar-refractivity contribution < 1.29 is 4.79 Å². The first-order valence-corrected chi connectivity index (χ1v) is 12.3. The molecule has 0 atom stereocenters. The maximum atomic E-state index is 12.2. The average molecular weight is 494 g/mol. The largest absolute Gasteiger partial charge is 0.384 e. The first-order valence-electron chi connectivity index (χ1n) is 11.5. The molecule has 4 rings (SSSR count).